The normalized spacial score (nSPS) is 14.9. The Morgan fingerprint density at radius 3 is 2.70 bits per heavy atom. The monoisotopic (exact) mass is 312 g/mol. The van der Waals surface area contributed by atoms with Crippen molar-refractivity contribution >= 4 is 11.6 Å². The maximum absolute atomic E-state index is 13.8. The molecule has 120 valence electrons. The Morgan fingerprint density at radius 2 is 1.91 bits per heavy atom. The molecule has 1 amide bonds. The summed E-state index contributed by atoms with van der Waals surface area (Å²) in [6.07, 6.45) is 0.895. The maximum atomic E-state index is 13.8. The standard InChI is InChI=1S/C19H21FN2O/c1-14(21(2)13-16-8-3-5-9-17(16)20)19(23)22-12-11-15-7-4-6-10-18(15)22/h3-10,14H,11-13H2,1-2H3/t14-/m1/s1. The van der Waals surface area contributed by atoms with Crippen LogP contribution in [-0.4, -0.2) is 30.4 Å². The molecular weight excluding hydrogens is 291 g/mol. The molecule has 3 nitrogen and oxygen atoms in total. The highest BCUT2D eigenvalue weighted by molar-refractivity contribution is 5.98. The first-order valence-electron chi connectivity index (χ1n) is 7.91. The highest BCUT2D eigenvalue weighted by Gasteiger charge is 2.29. The van der Waals surface area contributed by atoms with Crippen LogP contribution < -0.4 is 4.90 Å². The number of fused-ring (bicyclic) bond motifs is 1. The quantitative estimate of drug-likeness (QED) is 0.865. The van der Waals surface area contributed by atoms with Crippen molar-refractivity contribution in [3.05, 3.63) is 65.5 Å². The summed E-state index contributed by atoms with van der Waals surface area (Å²) >= 11 is 0. The first kappa shape index (κ1) is 15.7. The largest absolute Gasteiger partial charge is 0.310 e. The van der Waals surface area contributed by atoms with Crippen LogP contribution in [0.5, 0.6) is 0 Å². The van der Waals surface area contributed by atoms with Gasteiger partial charge in [0, 0.05) is 24.3 Å². The molecular formula is C19H21FN2O. The smallest absolute Gasteiger partial charge is 0.244 e. The summed E-state index contributed by atoms with van der Waals surface area (Å²) in [4.78, 5) is 16.6. The van der Waals surface area contributed by atoms with Crippen molar-refractivity contribution in [2.24, 2.45) is 0 Å². The molecule has 0 aromatic heterocycles. The lowest BCUT2D eigenvalue weighted by Crippen LogP contribution is -2.45. The number of hydrogen-bond donors (Lipinski definition) is 0. The number of anilines is 1. The minimum atomic E-state index is -0.305. The zero-order chi connectivity index (χ0) is 16.4. The number of amides is 1. The Bertz CT molecular complexity index is 716. The molecule has 0 saturated carbocycles. The van der Waals surface area contributed by atoms with E-state index in [0.717, 1.165) is 18.7 Å². The van der Waals surface area contributed by atoms with Gasteiger partial charge in [-0.1, -0.05) is 36.4 Å². The third-order valence-electron chi connectivity index (χ3n) is 4.55. The molecule has 1 atom stereocenters. The summed E-state index contributed by atoms with van der Waals surface area (Å²) in [5, 5.41) is 0. The summed E-state index contributed by atoms with van der Waals surface area (Å²) < 4.78 is 13.8. The fourth-order valence-corrected chi connectivity index (χ4v) is 3.01. The molecule has 1 aliphatic heterocycles. The SMILES string of the molecule is C[C@H](C(=O)N1CCc2ccccc21)N(C)Cc1ccccc1F. The fraction of sp³-hybridized carbons (Fsp3) is 0.316. The van der Waals surface area contributed by atoms with Crippen molar-refractivity contribution in [2.75, 3.05) is 18.5 Å². The number of hydrogen-bond acceptors (Lipinski definition) is 2. The zero-order valence-corrected chi connectivity index (χ0v) is 13.5. The van der Waals surface area contributed by atoms with Crippen LogP contribution >= 0.6 is 0 Å². The van der Waals surface area contributed by atoms with E-state index in [1.807, 2.05) is 48.0 Å². The van der Waals surface area contributed by atoms with E-state index < -0.39 is 0 Å². The molecule has 0 bridgehead atoms. The van der Waals surface area contributed by atoms with E-state index in [2.05, 4.69) is 6.07 Å². The summed E-state index contributed by atoms with van der Waals surface area (Å²) in [6.45, 7) is 3.01. The summed E-state index contributed by atoms with van der Waals surface area (Å²) in [5.74, 6) is -0.167. The van der Waals surface area contributed by atoms with Crippen LogP contribution in [-0.2, 0) is 17.8 Å². The topological polar surface area (TPSA) is 23.6 Å². The van der Waals surface area contributed by atoms with Gasteiger partial charge in [0.1, 0.15) is 5.82 Å². The lowest BCUT2D eigenvalue weighted by molar-refractivity contribution is -0.122. The van der Waals surface area contributed by atoms with Crippen molar-refractivity contribution in [2.45, 2.75) is 25.9 Å². The predicted octanol–water partition coefficient (Wildman–Crippen LogP) is 3.24. The number of halogens is 1. The fourth-order valence-electron chi connectivity index (χ4n) is 3.01. The molecule has 0 radical (unpaired) electrons. The molecule has 0 fully saturated rings. The minimum Gasteiger partial charge on any atom is -0.310 e. The number of rotatable bonds is 4. The Hall–Kier alpha value is -2.20. The number of nitrogens with zero attached hydrogens (tertiary/aromatic N) is 2. The third kappa shape index (κ3) is 3.13. The molecule has 4 heteroatoms. The average Bonchev–Trinajstić information content (AvgIpc) is 2.99. The van der Waals surface area contributed by atoms with Crippen LogP contribution in [0.3, 0.4) is 0 Å². The van der Waals surface area contributed by atoms with Gasteiger partial charge in [0.05, 0.1) is 6.04 Å². The van der Waals surface area contributed by atoms with Crippen LogP contribution in [0.25, 0.3) is 0 Å². The molecule has 3 rings (SSSR count). The van der Waals surface area contributed by atoms with Gasteiger partial charge in [-0.15, -0.1) is 0 Å². The van der Waals surface area contributed by atoms with Crippen molar-refractivity contribution < 1.29 is 9.18 Å². The average molecular weight is 312 g/mol. The maximum Gasteiger partial charge on any atom is 0.244 e. The lowest BCUT2D eigenvalue weighted by atomic mass is 10.1. The first-order valence-corrected chi connectivity index (χ1v) is 7.91. The minimum absolute atomic E-state index is 0.0637. The molecule has 0 N–H and O–H groups in total. The zero-order valence-electron chi connectivity index (χ0n) is 13.5. The van der Waals surface area contributed by atoms with Gasteiger partial charge in [-0.25, -0.2) is 4.39 Å². The van der Waals surface area contributed by atoms with E-state index >= 15 is 0 Å². The molecule has 1 aliphatic rings. The van der Waals surface area contributed by atoms with E-state index in [-0.39, 0.29) is 17.8 Å². The van der Waals surface area contributed by atoms with Crippen molar-refractivity contribution in [1.82, 2.24) is 4.90 Å². The predicted molar refractivity (Wildman–Crippen MR) is 89.8 cm³/mol. The van der Waals surface area contributed by atoms with Crippen molar-refractivity contribution in [3.63, 3.8) is 0 Å². The summed E-state index contributed by atoms with van der Waals surface area (Å²) in [6, 6.07) is 14.4. The molecule has 1 heterocycles. The van der Waals surface area contributed by atoms with Crippen LogP contribution in [0.2, 0.25) is 0 Å². The van der Waals surface area contributed by atoms with Crippen LogP contribution in [0.4, 0.5) is 10.1 Å². The number of benzene rings is 2. The van der Waals surface area contributed by atoms with Gasteiger partial charge in [-0.05, 0) is 38.1 Å². The Kier molecular flexibility index (Phi) is 4.44. The number of carbonyl (C=O) groups is 1. The third-order valence-corrected chi connectivity index (χ3v) is 4.55. The second-order valence-corrected chi connectivity index (χ2v) is 6.05. The molecule has 0 unspecified atom stereocenters. The van der Waals surface area contributed by atoms with Gasteiger partial charge in [0.2, 0.25) is 5.91 Å². The summed E-state index contributed by atoms with van der Waals surface area (Å²) in [7, 11) is 1.86. The van der Waals surface area contributed by atoms with E-state index in [4.69, 9.17) is 0 Å². The van der Waals surface area contributed by atoms with E-state index in [1.54, 1.807) is 12.1 Å². The Labute approximate surface area is 136 Å². The highest BCUT2D eigenvalue weighted by atomic mass is 19.1. The molecule has 2 aromatic rings. The van der Waals surface area contributed by atoms with Gasteiger partial charge >= 0.3 is 0 Å². The van der Waals surface area contributed by atoms with E-state index in [9.17, 15) is 9.18 Å². The van der Waals surface area contributed by atoms with Gasteiger partial charge in [0.15, 0.2) is 0 Å². The number of carbonyl (C=O) groups excluding carboxylic acids is 1. The second kappa shape index (κ2) is 6.50. The van der Waals surface area contributed by atoms with Crippen LogP contribution in [0.1, 0.15) is 18.1 Å². The van der Waals surface area contributed by atoms with Crippen LogP contribution in [0, 0.1) is 5.82 Å². The molecule has 2 aromatic carbocycles. The lowest BCUT2D eigenvalue weighted by Gasteiger charge is -2.28. The van der Waals surface area contributed by atoms with Crippen molar-refractivity contribution in [3.8, 4) is 0 Å². The van der Waals surface area contributed by atoms with E-state index in [0.29, 0.717) is 12.1 Å². The Morgan fingerprint density at radius 1 is 1.22 bits per heavy atom. The second-order valence-electron chi connectivity index (χ2n) is 6.05. The van der Waals surface area contributed by atoms with Crippen molar-refractivity contribution in [1.29, 1.82) is 0 Å². The molecule has 23 heavy (non-hydrogen) atoms. The number of para-hydroxylation sites is 1. The first-order chi connectivity index (χ1) is 11.1. The molecule has 0 saturated heterocycles. The molecule has 0 spiro atoms. The van der Waals surface area contributed by atoms with Gasteiger partial charge < -0.3 is 4.90 Å². The van der Waals surface area contributed by atoms with Crippen LogP contribution in [0.15, 0.2) is 48.5 Å². The van der Waals surface area contributed by atoms with Gasteiger partial charge in [0.25, 0.3) is 0 Å². The summed E-state index contributed by atoms with van der Waals surface area (Å²) in [5.41, 5.74) is 2.82. The van der Waals surface area contributed by atoms with E-state index in [1.165, 1.54) is 11.6 Å². The highest BCUT2D eigenvalue weighted by Crippen LogP contribution is 2.28. The molecule has 0 aliphatic carbocycles. The van der Waals surface area contributed by atoms with Gasteiger partial charge in [-0.2, -0.15) is 0 Å². The number of likely N-dealkylation sites (N-methyl/N-ethyl adjacent to an activating group) is 1. The Balaban J connectivity index is 1.72. The van der Waals surface area contributed by atoms with Gasteiger partial charge in [-0.3, -0.25) is 9.69 Å².